The van der Waals surface area contributed by atoms with Crippen LogP contribution in [0, 0.1) is 5.92 Å². The second kappa shape index (κ2) is 8.30. The molecule has 1 heterocycles. The van der Waals surface area contributed by atoms with Gasteiger partial charge in [-0.05, 0) is 50.8 Å². The van der Waals surface area contributed by atoms with E-state index in [-0.39, 0.29) is 24.1 Å². The van der Waals surface area contributed by atoms with Gasteiger partial charge in [0.25, 0.3) is 0 Å². The molecule has 0 spiro atoms. The number of nitrogens with one attached hydrogen (secondary N) is 1. The lowest BCUT2D eigenvalue weighted by atomic mass is 10.0. The van der Waals surface area contributed by atoms with E-state index in [4.69, 9.17) is 4.74 Å². The number of aromatic nitrogens is 4. The van der Waals surface area contributed by atoms with Crippen LogP contribution < -0.4 is 4.74 Å². The van der Waals surface area contributed by atoms with Gasteiger partial charge in [0.2, 0.25) is 5.82 Å². The number of carbonyl (C=O) groups is 1. The molecule has 7 nitrogen and oxygen atoms in total. The molecule has 8 heteroatoms. The average Bonchev–Trinajstić information content (AvgIpc) is 3.17. The number of phenols is 1. The van der Waals surface area contributed by atoms with Crippen LogP contribution in [0.4, 0.5) is 0 Å². The number of ether oxygens (including phenoxy) is 1. The fraction of sp³-hybridized carbons (Fsp3) is 0.263. The summed E-state index contributed by atoms with van der Waals surface area (Å²) in [4.78, 5) is 12.2. The Morgan fingerprint density at radius 1 is 1.30 bits per heavy atom. The maximum absolute atomic E-state index is 12.2. The Kier molecular flexibility index (Phi) is 5.85. The Labute approximate surface area is 164 Å². The topological polar surface area (TPSA) is 101 Å². The summed E-state index contributed by atoms with van der Waals surface area (Å²) in [5, 5.41) is 24.2. The number of hydrogen-bond donors (Lipinski definition) is 2. The number of phenolic OH excluding ortho intramolecular Hbond substituents is 1. The SMILES string of the molecule is CC(C)CC(=O)c1ccc(OCc2cccc(-c3nn[nH]n3)c2)c(Br)c1O. The summed E-state index contributed by atoms with van der Waals surface area (Å²) in [6, 6.07) is 10.9. The fourth-order valence-corrected chi connectivity index (χ4v) is 3.07. The molecule has 3 aromatic rings. The number of tetrazole rings is 1. The molecule has 27 heavy (non-hydrogen) atoms. The van der Waals surface area contributed by atoms with Crippen LogP contribution in [-0.4, -0.2) is 31.5 Å². The second-order valence-electron chi connectivity index (χ2n) is 6.52. The third-order valence-corrected chi connectivity index (χ3v) is 4.67. The summed E-state index contributed by atoms with van der Waals surface area (Å²) >= 11 is 3.33. The Morgan fingerprint density at radius 3 is 2.81 bits per heavy atom. The van der Waals surface area contributed by atoms with Crippen molar-refractivity contribution in [2.75, 3.05) is 0 Å². The fourth-order valence-electron chi connectivity index (χ4n) is 2.61. The molecule has 2 N–H and O–H groups in total. The maximum atomic E-state index is 12.2. The molecule has 0 saturated heterocycles. The van der Waals surface area contributed by atoms with Crippen molar-refractivity contribution in [3.63, 3.8) is 0 Å². The number of ketones is 1. The highest BCUT2D eigenvalue weighted by molar-refractivity contribution is 9.10. The summed E-state index contributed by atoms with van der Waals surface area (Å²) < 4.78 is 6.18. The molecule has 0 saturated carbocycles. The Hall–Kier alpha value is -2.74. The van der Waals surface area contributed by atoms with Crippen LogP contribution in [0.3, 0.4) is 0 Å². The quantitative estimate of drug-likeness (QED) is 0.546. The summed E-state index contributed by atoms with van der Waals surface area (Å²) in [5.74, 6) is 0.988. The number of nitrogens with zero attached hydrogens (tertiary/aromatic N) is 3. The molecule has 0 aliphatic carbocycles. The van der Waals surface area contributed by atoms with Crippen molar-refractivity contribution in [1.29, 1.82) is 0 Å². The summed E-state index contributed by atoms with van der Waals surface area (Å²) in [5.41, 5.74) is 2.02. The van der Waals surface area contributed by atoms with Gasteiger partial charge in [0.1, 0.15) is 22.6 Å². The minimum absolute atomic E-state index is 0.0948. The highest BCUT2D eigenvalue weighted by Gasteiger charge is 2.18. The molecule has 0 fully saturated rings. The van der Waals surface area contributed by atoms with E-state index in [9.17, 15) is 9.90 Å². The molecule has 0 radical (unpaired) electrons. The van der Waals surface area contributed by atoms with Crippen LogP contribution in [-0.2, 0) is 6.61 Å². The first kappa shape index (κ1) is 19.0. The van der Waals surface area contributed by atoms with Crippen LogP contribution in [0.2, 0.25) is 0 Å². The van der Waals surface area contributed by atoms with Gasteiger partial charge in [0.05, 0.1) is 5.56 Å². The zero-order valence-corrected chi connectivity index (χ0v) is 16.5. The van der Waals surface area contributed by atoms with Crippen LogP contribution in [0.25, 0.3) is 11.4 Å². The molecule has 1 aromatic heterocycles. The zero-order valence-electron chi connectivity index (χ0n) is 14.9. The highest BCUT2D eigenvalue weighted by atomic mass is 79.9. The average molecular weight is 431 g/mol. The number of H-pyrrole nitrogens is 1. The van der Waals surface area contributed by atoms with E-state index < -0.39 is 0 Å². The van der Waals surface area contributed by atoms with Crippen molar-refractivity contribution in [3.05, 3.63) is 52.0 Å². The standard InChI is InChI=1S/C19H19BrN4O3/c1-11(2)8-15(25)14-6-7-16(17(20)18(14)26)27-10-12-4-3-5-13(9-12)19-21-23-24-22-19/h3-7,9,11,26H,8,10H2,1-2H3,(H,21,22,23,24). The lowest BCUT2D eigenvalue weighted by Crippen LogP contribution is -2.05. The van der Waals surface area contributed by atoms with Gasteiger partial charge in [-0.2, -0.15) is 5.21 Å². The number of aromatic hydroxyl groups is 1. The van der Waals surface area contributed by atoms with Crippen molar-refractivity contribution in [2.45, 2.75) is 26.9 Å². The molecule has 3 rings (SSSR count). The van der Waals surface area contributed by atoms with Crippen molar-refractivity contribution in [1.82, 2.24) is 20.6 Å². The predicted octanol–water partition coefficient (Wildman–Crippen LogP) is 4.14. The van der Waals surface area contributed by atoms with Gasteiger partial charge in [0.15, 0.2) is 5.78 Å². The monoisotopic (exact) mass is 430 g/mol. The zero-order chi connectivity index (χ0) is 19.4. The van der Waals surface area contributed by atoms with Gasteiger partial charge >= 0.3 is 0 Å². The summed E-state index contributed by atoms with van der Waals surface area (Å²) in [6.45, 7) is 4.21. The lowest BCUT2D eigenvalue weighted by molar-refractivity contribution is 0.0965. The molecule has 2 aromatic carbocycles. The van der Waals surface area contributed by atoms with E-state index in [1.165, 1.54) is 0 Å². The van der Waals surface area contributed by atoms with Crippen molar-refractivity contribution < 1.29 is 14.6 Å². The molecular weight excluding hydrogens is 412 g/mol. The maximum Gasteiger partial charge on any atom is 0.204 e. The number of rotatable bonds is 7. The molecule has 0 aliphatic heterocycles. The molecule has 140 valence electrons. The molecule has 0 aliphatic rings. The van der Waals surface area contributed by atoms with E-state index >= 15 is 0 Å². The molecule has 0 atom stereocenters. The van der Waals surface area contributed by atoms with E-state index in [1.807, 2.05) is 38.1 Å². The molecular formula is C19H19BrN4O3. The van der Waals surface area contributed by atoms with E-state index in [1.54, 1.807) is 12.1 Å². The largest absolute Gasteiger partial charge is 0.506 e. The number of Topliss-reactive ketones (excluding diaryl/α,β-unsaturated/α-hetero) is 1. The van der Waals surface area contributed by atoms with Gasteiger partial charge < -0.3 is 9.84 Å². The summed E-state index contributed by atoms with van der Waals surface area (Å²) in [6.07, 6.45) is 0.378. The van der Waals surface area contributed by atoms with E-state index in [2.05, 4.69) is 36.6 Å². The number of benzene rings is 2. The van der Waals surface area contributed by atoms with Gasteiger partial charge in [-0.15, -0.1) is 10.2 Å². The first-order chi connectivity index (χ1) is 13.0. The van der Waals surface area contributed by atoms with Gasteiger partial charge in [-0.25, -0.2) is 0 Å². The first-order valence-electron chi connectivity index (χ1n) is 8.46. The van der Waals surface area contributed by atoms with Crippen molar-refractivity contribution >= 4 is 21.7 Å². The Bertz CT molecular complexity index is 942. The smallest absolute Gasteiger partial charge is 0.204 e. The van der Waals surface area contributed by atoms with Crippen molar-refractivity contribution in [2.24, 2.45) is 5.92 Å². The Balaban J connectivity index is 1.74. The van der Waals surface area contributed by atoms with Crippen LogP contribution >= 0.6 is 15.9 Å². The second-order valence-corrected chi connectivity index (χ2v) is 7.31. The third kappa shape index (κ3) is 4.51. The van der Waals surface area contributed by atoms with Gasteiger partial charge in [-0.3, -0.25) is 4.79 Å². The van der Waals surface area contributed by atoms with E-state index in [0.717, 1.165) is 11.1 Å². The molecule has 0 amide bonds. The number of aromatic amines is 1. The predicted molar refractivity (Wildman–Crippen MR) is 104 cm³/mol. The minimum atomic E-state index is -0.0984. The molecule has 0 bridgehead atoms. The van der Waals surface area contributed by atoms with E-state index in [0.29, 0.717) is 28.0 Å². The third-order valence-electron chi connectivity index (χ3n) is 3.90. The van der Waals surface area contributed by atoms with Crippen LogP contribution in [0.15, 0.2) is 40.9 Å². The minimum Gasteiger partial charge on any atom is -0.506 e. The summed E-state index contributed by atoms with van der Waals surface area (Å²) in [7, 11) is 0. The normalized spacial score (nSPS) is 11.0. The van der Waals surface area contributed by atoms with Crippen LogP contribution in [0.5, 0.6) is 11.5 Å². The lowest BCUT2D eigenvalue weighted by Gasteiger charge is -2.13. The number of hydrogen-bond acceptors (Lipinski definition) is 6. The number of carbonyl (C=O) groups excluding carboxylic acids is 1. The highest BCUT2D eigenvalue weighted by Crippen LogP contribution is 2.37. The van der Waals surface area contributed by atoms with Crippen LogP contribution in [0.1, 0.15) is 36.2 Å². The number of halogens is 1. The molecule has 0 unspecified atom stereocenters. The Morgan fingerprint density at radius 2 is 2.11 bits per heavy atom. The van der Waals surface area contributed by atoms with Crippen molar-refractivity contribution in [3.8, 4) is 22.9 Å². The van der Waals surface area contributed by atoms with Gasteiger partial charge in [-0.1, -0.05) is 32.0 Å². The van der Waals surface area contributed by atoms with Gasteiger partial charge in [0, 0.05) is 12.0 Å². The first-order valence-corrected chi connectivity index (χ1v) is 9.25.